The Hall–Kier alpha value is -0.950. The number of hydrogen-bond acceptors (Lipinski definition) is 2. The molecule has 1 aromatic heterocycles. The summed E-state index contributed by atoms with van der Waals surface area (Å²) in [6.45, 7) is 2.32. The van der Waals surface area contributed by atoms with E-state index in [1.165, 1.54) is 12.1 Å². The van der Waals surface area contributed by atoms with Gasteiger partial charge in [-0.3, -0.25) is 0 Å². The van der Waals surface area contributed by atoms with Crippen LogP contribution < -0.4 is 5.32 Å². The maximum Gasteiger partial charge on any atom is 0.164 e. The molecule has 0 amide bonds. The van der Waals surface area contributed by atoms with Crippen molar-refractivity contribution in [2.75, 3.05) is 0 Å². The zero-order valence-electron chi connectivity index (χ0n) is 9.71. The molecule has 18 heavy (non-hydrogen) atoms. The van der Waals surface area contributed by atoms with Crippen LogP contribution in [0.15, 0.2) is 34.7 Å². The molecule has 96 valence electrons. The molecule has 1 aromatic carbocycles. The molecule has 0 saturated heterocycles. The van der Waals surface area contributed by atoms with Crippen molar-refractivity contribution in [1.82, 2.24) is 5.32 Å². The zero-order chi connectivity index (χ0) is 13.1. The molecule has 0 bridgehead atoms. The van der Waals surface area contributed by atoms with Crippen LogP contribution in [0.3, 0.4) is 0 Å². The molecule has 1 atom stereocenters. The number of halogens is 3. The van der Waals surface area contributed by atoms with Gasteiger partial charge in [-0.25, -0.2) is 8.78 Å². The van der Waals surface area contributed by atoms with Gasteiger partial charge in [-0.05, 0) is 47.7 Å². The molecule has 0 saturated carbocycles. The van der Waals surface area contributed by atoms with Crippen molar-refractivity contribution in [2.45, 2.75) is 19.5 Å². The van der Waals surface area contributed by atoms with E-state index in [2.05, 4.69) is 27.9 Å². The first-order chi connectivity index (χ1) is 8.56. The van der Waals surface area contributed by atoms with E-state index in [-0.39, 0.29) is 6.04 Å². The summed E-state index contributed by atoms with van der Waals surface area (Å²) < 4.78 is 32.5. The Bertz CT molecular complexity index is 542. The highest BCUT2D eigenvalue weighted by Gasteiger charge is 2.11. The normalized spacial score (nSPS) is 12.7. The minimum atomic E-state index is -0.566. The molecule has 0 spiro atoms. The van der Waals surface area contributed by atoms with E-state index in [1.54, 1.807) is 0 Å². The van der Waals surface area contributed by atoms with Gasteiger partial charge in [-0.1, -0.05) is 6.07 Å². The number of nitrogens with one attached hydrogen (secondary N) is 1. The van der Waals surface area contributed by atoms with Crippen molar-refractivity contribution < 1.29 is 13.2 Å². The molecule has 2 aromatic rings. The van der Waals surface area contributed by atoms with E-state index >= 15 is 0 Å². The Kier molecular flexibility index (Phi) is 4.34. The lowest BCUT2D eigenvalue weighted by atomic mass is 10.1. The van der Waals surface area contributed by atoms with Crippen LogP contribution in [-0.4, -0.2) is 0 Å². The Morgan fingerprint density at radius 3 is 2.67 bits per heavy atom. The van der Waals surface area contributed by atoms with Gasteiger partial charge >= 0.3 is 0 Å². The average molecular weight is 363 g/mol. The van der Waals surface area contributed by atoms with Crippen LogP contribution in [0.1, 0.15) is 24.3 Å². The van der Waals surface area contributed by atoms with E-state index < -0.39 is 11.6 Å². The van der Waals surface area contributed by atoms with Crippen LogP contribution in [0.2, 0.25) is 0 Å². The summed E-state index contributed by atoms with van der Waals surface area (Å²) in [6.07, 6.45) is 0. The van der Waals surface area contributed by atoms with Crippen LogP contribution in [0.4, 0.5) is 8.78 Å². The Morgan fingerprint density at radius 2 is 2.06 bits per heavy atom. The number of furan rings is 1. The van der Waals surface area contributed by atoms with Crippen molar-refractivity contribution in [3.8, 4) is 0 Å². The van der Waals surface area contributed by atoms with Crippen LogP contribution in [-0.2, 0) is 6.54 Å². The second-order valence-electron chi connectivity index (χ2n) is 3.97. The second-order valence-corrected chi connectivity index (χ2v) is 5.04. The Labute approximate surface area is 118 Å². The van der Waals surface area contributed by atoms with Crippen LogP contribution >= 0.6 is 22.6 Å². The summed E-state index contributed by atoms with van der Waals surface area (Å²) in [5.74, 6) is -0.318. The highest BCUT2D eigenvalue weighted by atomic mass is 127. The van der Waals surface area contributed by atoms with E-state index in [0.29, 0.717) is 12.1 Å². The predicted octanol–water partition coefficient (Wildman–Crippen LogP) is 4.01. The van der Waals surface area contributed by atoms with Crippen molar-refractivity contribution in [2.24, 2.45) is 0 Å². The third-order valence-corrected chi connectivity index (χ3v) is 3.22. The van der Waals surface area contributed by atoms with Gasteiger partial charge in [-0.15, -0.1) is 0 Å². The maximum atomic E-state index is 13.5. The second kappa shape index (κ2) is 5.79. The molecule has 2 nitrogen and oxygen atoms in total. The Morgan fingerprint density at radius 1 is 1.28 bits per heavy atom. The van der Waals surface area contributed by atoms with Gasteiger partial charge in [0.15, 0.2) is 3.77 Å². The summed E-state index contributed by atoms with van der Waals surface area (Å²) in [4.78, 5) is 0. The molecule has 5 heteroatoms. The molecule has 0 radical (unpaired) electrons. The summed E-state index contributed by atoms with van der Waals surface area (Å²) in [6, 6.07) is 7.11. The standard InChI is InChI=1S/C13H12F2INO/c1-8(11-4-2-9(14)6-12(11)15)17-7-10-3-5-13(16)18-10/h2-6,8,17H,7H2,1H3. The van der Waals surface area contributed by atoms with Gasteiger partial charge in [0.1, 0.15) is 17.4 Å². The lowest BCUT2D eigenvalue weighted by Crippen LogP contribution is -2.18. The summed E-state index contributed by atoms with van der Waals surface area (Å²) >= 11 is 2.08. The minimum Gasteiger partial charge on any atom is -0.454 e. The average Bonchev–Trinajstić information content (AvgIpc) is 2.72. The monoisotopic (exact) mass is 363 g/mol. The van der Waals surface area contributed by atoms with Crippen molar-refractivity contribution >= 4 is 22.6 Å². The smallest absolute Gasteiger partial charge is 0.164 e. The Balaban J connectivity index is 2.01. The fourth-order valence-corrected chi connectivity index (χ4v) is 2.13. The molecule has 0 fully saturated rings. The van der Waals surface area contributed by atoms with Crippen LogP contribution in [0.25, 0.3) is 0 Å². The van der Waals surface area contributed by atoms with Gasteiger partial charge < -0.3 is 9.73 Å². The van der Waals surface area contributed by atoms with Gasteiger partial charge in [0.05, 0.1) is 6.54 Å². The summed E-state index contributed by atoms with van der Waals surface area (Å²) in [7, 11) is 0. The van der Waals surface area contributed by atoms with E-state index in [9.17, 15) is 8.78 Å². The molecule has 0 aliphatic heterocycles. The van der Waals surface area contributed by atoms with Crippen LogP contribution in [0, 0.1) is 15.4 Å². The first kappa shape index (κ1) is 13.5. The fraction of sp³-hybridized carbons (Fsp3) is 0.231. The number of rotatable bonds is 4. The molecule has 2 rings (SSSR count). The predicted molar refractivity (Wildman–Crippen MR) is 73.0 cm³/mol. The number of hydrogen-bond donors (Lipinski definition) is 1. The lowest BCUT2D eigenvalue weighted by molar-refractivity contribution is 0.438. The van der Waals surface area contributed by atoms with Crippen molar-refractivity contribution in [1.29, 1.82) is 0 Å². The van der Waals surface area contributed by atoms with Gasteiger partial charge in [0, 0.05) is 17.7 Å². The van der Waals surface area contributed by atoms with Gasteiger partial charge in [0.25, 0.3) is 0 Å². The topological polar surface area (TPSA) is 25.2 Å². The minimum absolute atomic E-state index is 0.214. The molecule has 0 aliphatic rings. The van der Waals surface area contributed by atoms with Crippen molar-refractivity contribution in [3.05, 3.63) is 57.1 Å². The largest absolute Gasteiger partial charge is 0.454 e. The third kappa shape index (κ3) is 3.29. The number of benzene rings is 1. The molecule has 0 aliphatic carbocycles. The molecular weight excluding hydrogens is 351 g/mol. The first-order valence-corrected chi connectivity index (χ1v) is 6.56. The quantitative estimate of drug-likeness (QED) is 0.831. The van der Waals surface area contributed by atoms with Crippen LogP contribution in [0.5, 0.6) is 0 Å². The summed E-state index contributed by atoms with van der Waals surface area (Å²) in [5.41, 5.74) is 0.442. The van der Waals surface area contributed by atoms with Gasteiger partial charge in [-0.2, -0.15) is 0 Å². The molecular formula is C13H12F2INO. The molecule has 1 unspecified atom stereocenters. The third-order valence-electron chi connectivity index (χ3n) is 2.64. The van der Waals surface area contributed by atoms with E-state index in [4.69, 9.17) is 4.42 Å². The van der Waals surface area contributed by atoms with E-state index in [0.717, 1.165) is 15.6 Å². The fourth-order valence-electron chi connectivity index (χ4n) is 1.66. The lowest BCUT2D eigenvalue weighted by Gasteiger charge is -2.14. The molecule has 1 N–H and O–H groups in total. The first-order valence-electron chi connectivity index (χ1n) is 5.49. The highest BCUT2D eigenvalue weighted by Crippen LogP contribution is 2.18. The SMILES string of the molecule is CC(NCc1ccc(I)o1)c1ccc(F)cc1F. The zero-order valence-corrected chi connectivity index (χ0v) is 11.9. The summed E-state index contributed by atoms with van der Waals surface area (Å²) in [5, 5.41) is 3.13. The van der Waals surface area contributed by atoms with Gasteiger partial charge in [0.2, 0.25) is 0 Å². The molecule has 1 heterocycles. The van der Waals surface area contributed by atoms with Crippen molar-refractivity contribution in [3.63, 3.8) is 0 Å². The maximum absolute atomic E-state index is 13.5. The van der Waals surface area contributed by atoms with E-state index in [1.807, 2.05) is 19.1 Å². The highest BCUT2D eigenvalue weighted by molar-refractivity contribution is 14.1.